The Morgan fingerprint density at radius 1 is 0.667 bits per heavy atom. The number of hydrogen-bond donors (Lipinski definition) is 1. The molecule has 0 aromatic carbocycles. The Bertz CT molecular complexity index is 209. The predicted molar refractivity (Wildman–Crippen MR) is 92.1 cm³/mol. The fraction of sp³-hybridized carbons (Fsp3) is 0.944. The summed E-state index contributed by atoms with van der Waals surface area (Å²) in [5.41, 5.74) is 2.85. The topological polar surface area (TPSA) is 32.3 Å². The number of carbonyl (C=O) groups is 1. The van der Waals surface area contributed by atoms with Crippen LogP contribution >= 0.6 is 0 Å². The van der Waals surface area contributed by atoms with Gasteiger partial charge in [0.15, 0.2) is 0 Å². The van der Waals surface area contributed by atoms with Crippen LogP contribution in [0.4, 0.5) is 0 Å². The number of hydrazine groups is 1. The SMILES string of the molecule is CCCCCCCCCN(CCCCCCCC)NC=O. The molecule has 126 valence electrons. The molecule has 0 aromatic rings. The first kappa shape index (κ1) is 20.4. The van der Waals surface area contributed by atoms with Gasteiger partial charge in [-0.1, -0.05) is 84.5 Å². The minimum atomic E-state index is 0.818. The summed E-state index contributed by atoms with van der Waals surface area (Å²) in [5, 5.41) is 2.10. The second kappa shape index (κ2) is 17.5. The summed E-state index contributed by atoms with van der Waals surface area (Å²) in [6.45, 7) is 6.51. The predicted octanol–water partition coefficient (Wildman–Crippen LogP) is 5.06. The number of amides is 1. The molecule has 1 amide bonds. The molecule has 1 N–H and O–H groups in total. The molecule has 0 bridgehead atoms. The fourth-order valence-electron chi connectivity index (χ4n) is 2.66. The summed E-state index contributed by atoms with van der Waals surface area (Å²) in [5.74, 6) is 0. The highest BCUT2D eigenvalue weighted by molar-refractivity contribution is 5.44. The lowest BCUT2D eigenvalue weighted by atomic mass is 10.1. The van der Waals surface area contributed by atoms with Gasteiger partial charge < -0.3 is 0 Å². The maximum atomic E-state index is 10.6. The van der Waals surface area contributed by atoms with E-state index >= 15 is 0 Å². The summed E-state index contributed by atoms with van der Waals surface area (Å²) in [7, 11) is 0. The molecule has 0 heterocycles. The van der Waals surface area contributed by atoms with Gasteiger partial charge >= 0.3 is 0 Å². The van der Waals surface area contributed by atoms with E-state index in [1.165, 1.54) is 83.5 Å². The second-order valence-electron chi connectivity index (χ2n) is 6.12. The van der Waals surface area contributed by atoms with Gasteiger partial charge in [-0.2, -0.15) is 0 Å². The average molecular weight is 299 g/mol. The minimum absolute atomic E-state index is 0.818. The highest BCUT2D eigenvalue weighted by atomic mass is 16.1. The maximum absolute atomic E-state index is 10.6. The minimum Gasteiger partial charge on any atom is -0.292 e. The van der Waals surface area contributed by atoms with Gasteiger partial charge in [0, 0.05) is 13.1 Å². The van der Waals surface area contributed by atoms with Crippen LogP contribution in [0.2, 0.25) is 0 Å². The smallest absolute Gasteiger partial charge is 0.221 e. The van der Waals surface area contributed by atoms with Gasteiger partial charge in [0.1, 0.15) is 0 Å². The molecule has 0 aliphatic heterocycles. The molecule has 0 fully saturated rings. The summed E-state index contributed by atoms with van der Waals surface area (Å²) >= 11 is 0. The molecule has 3 heteroatoms. The van der Waals surface area contributed by atoms with E-state index in [4.69, 9.17) is 0 Å². The van der Waals surface area contributed by atoms with Gasteiger partial charge in [-0.25, -0.2) is 5.01 Å². The first-order valence-corrected chi connectivity index (χ1v) is 9.29. The Labute approximate surface area is 132 Å². The Morgan fingerprint density at radius 3 is 1.43 bits per heavy atom. The molecule has 0 aliphatic carbocycles. The van der Waals surface area contributed by atoms with E-state index in [9.17, 15) is 4.79 Å². The van der Waals surface area contributed by atoms with Gasteiger partial charge in [0.25, 0.3) is 0 Å². The second-order valence-corrected chi connectivity index (χ2v) is 6.12. The van der Waals surface area contributed by atoms with E-state index in [2.05, 4.69) is 24.3 Å². The first-order valence-electron chi connectivity index (χ1n) is 9.29. The lowest BCUT2D eigenvalue weighted by molar-refractivity contribution is -0.113. The largest absolute Gasteiger partial charge is 0.292 e. The molecule has 0 saturated carbocycles. The number of carbonyl (C=O) groups excluding carboxylic acids is 1. The van der Waals surface area contributed by atoms with Crippen molar-refractivity contribution < 1.29 is 4.79 Å². The van der Waals surface area contributed by atoms with Gasteiger partial charge in [0.05, 0.1) is 0 Å². The standard InChI is InChI=1S/C18H38N2O/c1-3-5-7-9-11-13-15-17-20(19-18-21)16-14-12-10-8-6-4-2/h18H,3-17H2,1-2H3,(H,19,21). The van der Waals surface area contributed by atoms with Crippen LogP contribution in [0.25, 0.3) is 0 Å². The summed E-state index contributed by atoms with van der Waals surface area (Å²) in [6, 6.07) is 0. The van der Waals surface area contributed by atoms with Crippen molar-refractivity contribution in [1.82, 2.24) is 10.4 Å². The first-order chi connectivity index (χ1) is 10.3. The van der Waals surface area contributed by atoms with Crippen LogP contribution in [0.15, 0.2) is 0 Å². The molecule has 0 saturated heterocycles. The number of nitrogens with one attached hydrogen (secondary N) is 1. The van der Waals surface area contributed by atoms with E-state index in [0.717, 1.165) is 19.5 Å². The average Bonchev–Trinajstić information content (AvgIpc) is 2.49. The van der Waals surface area contributed by atoms with Gasteiger partial charge in [-0.3, -0.25) is 10.2 Å². The van der Waals surface area contributed by atoms with Crippen LogP contribution in [-0.2, 0) is 4.79 Å². The van der Waals surface area contributed by atoms with Gasteiger partial charge in [-0.05, 0) is 12.8 Å². The van der Waals surface area contributed by atoms with Crippen LogP contribution in [0.5, 0.6) is 0 Å². The number of nitrogens with zero attached hydrogens (tertiary/aromatic N) is 1. The van der Waals surface area contributed by atoms with Crippen molar-refractivity contribution in [2.45, 2.75) is 97.3 Å². The molecular formula is C18H38N2O. The van der Waals surface area contributed by atoms with Gasteiger partial charge in [0.2, 0.25) is 6.41 Å². The van der Waals surface area contributed by atoms with Crippen LogP contribution in [0, 0.1) is 0 Å². The van der Waals surface area contributed by atoms with Crippen LogP contribution in [-0.4, -0.2) is 24.5 Å². The summed E-state index contributed by atoms with van der Waals surface area (Å²) in [4.78, 5) is 10.6. The van der Waals surface area contributed by atoms with E-state index in [1.54, 1.807) is 0 Å². The summed E-state index contributed by atoms with van der Waals surface area (Å²) < 4.78 is 0. The van der Waals surface area contributed by atoms with Crippen molar-refractivity contribution in [3.05, 3.63) is 0 Å². The molecule has 0 rings (SSSR count). The molecule has 0 spiro atoms. The third-order valence-electron chi connectivity index (χ3n) is 4.05. The molecule has 0 radical (unpaired) electrons. The lowest BCUT2D eigenvalue weighted by Crippen LogP contribution is -2.38. The van der Waals surface area contributed by atoms with Crippen molar-refractivity contribution in [3.8, 4) is 0 Å². The molecule has 3 nitrogen and oxygen atoms in total. The van der Waals surface area contributed by atoms with Crippen molar-refractivity contribution in [2.75, 3.05) is 13.1 Å². The molecular weight excluding hydrogens is 260 g/mol. The Kier molecular flexibility index (Phi) is 17.0. The monoisotopic (exact) mass is 298 g/mol. The van der Waals surface area contributed by atoms with Gasteiger partial charge in [-0.15, -0.1) is 0 Å². The number of hydrogen-bond acceptors (Lipinski definition) is 2. The summed E-state index contributed by atoms with van der Waals surface area (Å²) in [6.07, 6.45) is 17.9. The van der Waals surface area contributed by atoms with E-state index in [0.29, 0.717) is 0 Å². The normalized spacial score (nSPS) is 11.0. The molecule has 0 atom stereocenters. The fourth-order valence-corrected chi connectivity index (χ4v) is 2.66. The molecule has 21 heavy (non-hydrogen) atoms. The van der Waals surface area contributed by atoms with E-state index in [1.807, 2.05) is 0 Å². The number of rotatable bonds is 17. The quantitative estimate of drug-likeness (QED) is 0.231. The molecule has 0 aromatic heterocycles. The molecule has 0 aliphatic rings. The third-order valence-corrected chi connectivity index (χ3v) is 4.05. The van der Waals surface area contributed by atoms with Crippen molar-refractivity contribution in [1.29, 1.82) is 0 Å². The zero-order chi connectivity index (χ0) is 15.6. The van der Waals surface area contributed by atoms with Crippen molar-refractivity contribution >= 4 is 6.41 Å². The number of unbranched alkanes of at least 4 members (excludes halogenated alkanes) is 11. The zero-order valence-corrected chi connectivity index (χ0v) is 14.5. The van der Waals surface area contributed by atoms with Crippen LogP contribution < -0.4 is 5.43 Å². The van der Waals surface area contributed by atoms with E-state index in [-0.39, 0.29) is 0 Å². The lowest BCUT2D eigenvalue weighted by Gasteiger charge is -2.20. The Hall–Kier alpha value is -0.570. The Morgan fingerprint density at radius 2 is 1.05 bits per heavy atom. The third kappa shape index (κ3) is 15.6. The van der Waals surface area contributed by atoms with Crippen molar-refractivity contribution in [2.24, 2.45) is 0 Å². The van der Waals surface area contributed by atoms with E-state index < -0.39 is 0 Å². The van der Waals surface area contributed by atoms with Crippen LogP contribution in [0.1, 0.15) is 97.3 Å². The Balaban J connectivity index is 3.46. The zero-order valence-electron chi connectivity index (χ0n) is 14.5. The highest BCUT2D eigenvalue weighted by Crippen LogP contribution is 2.08. The van der Waals surface area contributed by atoms with Crippen molar-refractivity contribution in [3.63, 3.8) is 0 Å². The molecule has 0 unspecified atom stereocenters. The maximum Gasteiger partial charge on any atom is 0.221 e. The highest BCUT2D eigenvalue weighted by Gasteiger charge is 2.03. The van der Waals surface area contributed by atoms with Crippen LogP contribution in [0.3, 0.4) is 0 Å².